The molecule has 1 amide bonds. The first-order chi connectivity index (χ1) is 11.3. The van der Waals surface area contributed by atoms with Crippen LogP contribution in [-0.2, 0) is 11.2 Å². The van der Waals surface area contributed by atoms with Crippen molar-refractivity contribution < 1.29 is 4.79 Å². The molecule has 0 spiro atoms. The number of carbonyl (C=O) groups is 1. The van der Waals surface area contributed by atoms with E-state index in [2.05, 4.69) is 40.6 Å². The fraction of sp³-hybridized carbons (Fsp3) is 0.211. The van der Waals surface area contributed by atoms with Gasteiger partial charge in [0, 0.05) is 30.5 Å². The molecule has 0 saturated carbocycles. The van der Waals surface area contributed by atoms with Gasteiger partial charge in [-0.2, -0.15) is 0 Å². The maximum Gasteiger partial charge on any atom is 0.240 e. The molecule has 3 aromatic rings. The molecule has 1 fully saturated rings. The van der Waals surface area contributed by atoms with Crippen molar-refractivity contribution in [3.05, 3.63) is 65.9 Å². The van der Waals surface area contributed by atoms with E-state index in [1.54, 1.807) is 0 Å². The molecule has 0 atom stereocenters. The van der Waals surface area contributed by atoms with Crippen molar-refractivity contribution in [2.75, 3.05) is 24.5 Å². The van der Waals surface area contributed by atoms with Crippen LogP contribution in [0.3, 0.4) is 0 Å². The molecule has 1 aliphatic heterocycles. The Morgan fingerprint density at radius 1 is 1.09 bits per heavy atom. The van der Waals surface area contributed by atoms with E-state index < -0.39 is 0 Å². The van der Waals surface area contributed by atoms with Crippen molar-refractivity contribution in [3.63, 3.8) is 0 Å². The minimum Gasteiger partial charge on any atom is -0.361 e. The molecule has 1 aliphatic rings. The van der Waals surface area contributed by atoms with Crippen molar-refractivity contribution in [2.24, 2.45) is 0 Å². The van der Waals surface area contributed by atoms with Gasteiger partial charge in [-0.3, -0.25) is 4.79 Å². The maximum atomic E-state index is 12.2. The summed E-state index contributed by atoms with van der Waals surface area (Å²) in [6.07, 6.45) is 2.79. The van der Waals surface area contributed by atoms with E-state index in [1.807, 2.05) is 29.3 Å². The Bertz CT molecular complexity index is 852. The summed E-state index contributed by atoms with van der Waals surface area (Å²) in [5, 5.41) is 4.35. The summed E-state index contributed by atoms with van der Waals surface area (Å²) in [6.45, 7) is 1.99. The first-order valence-electron chi connectivity index (χ1n) is 7.96. The van der Waals surface area contributed by atoms with E-state index in [0.29, 0.717) is 6.54 Å². The molecule has 4 heteroatoms. The van der Waals surface area contributed by atoms with Crippen molar-refractivity contribution in [1.82, 2.24) is 10.3 Å². The van der Waals surface area contributed by atoms with Gasteiger partial charge in [-0.25, -0.2) is 0 Å². The number of hydrogen-bond donors (Lipinski definition) is 2. The number of piperazine rings is 1. The second-order valence-corrected chi connectivity index (χ2v) is 5.93. The number of fused-ring (bicyclic) bond motifs is 1. The van der Waals surface area contributed by atoms with Crippen LogP contribution in [0.15, 0.2) is 54.7 Å². The summed E-state index contributed by atoms with van der Waals surface area (Å²) < 4.78 is 0. The van der Waals surface area contributed by atoms with Gasteiger partial charge in [0.05, 0.1) is 6.54 Å². The lowest BCUT2D eigenvalue weighted by Crippen LogP contribution is -2.48. The SMILES string of the molecule is O=C1CNCCN1c1ccccc1Cc1ccc2[nH]ccc2c1. The quantitative estimate of drug-likeness (QED) is 0.781. The second-order valence-electron chi connectivity index (χ2n) is 5.93. The lowest BCUT2D eigenvalue weighted by Gasteiger charge is -2.29. The van der Waals surface area contributed by atoms with Crippen LogP contribution in [0.2, 0.25) is 0 Å². The number of nitrogens with zero attached hydrogens (tertiary/aromatic N) is 1. The molecule has 2 heterocycles. The highest BCUT2D eigenvalue weighted by molar-refractivity contribution is 5.96. The van der Waals surface area contributed by atoms with Gasteiger partial charge in [0.15, 0.2) is 0 Å². The Kier molecular flexibility index (Phi) is 3.60. The predicted octanol–water partition coefficient (Wildman–Crippen LogP) is 2.69. The predicted molar refractivity (Wildman–Crippen MR) is 92.8 cm³/mol. The molecule has 2 aromatic carbocycles. The molecule has 23 heavy (non-hydrogen) atoms. The number of anilines is 1. The number of aromatic amines is 1. The minimum atomic E-state index is 0.143. The van der Waals surface area contributed by atoms with E-state index in [4.69, 9.17) is 0 Å². The molecule has 2 N–H and O–H groups in total. The summed E-state index contributed by atoms with van der Waals surface area (Å²) in [6, 6.07) is 16.8. The zero-order chi connectivity index (χ0) is 15.6. The molecule has 0 radical (unpaired) electrons. The monoisotopic (exact) mass is 305 g/mol. The van der Waals surface area contributed by atoms with Gasteiger partial charge in [-0.1, -0.05) is 24.3 Å². The lowest BCUT2D eigenvalue weighted by atomic mass is 10.0. The molecule has 1 saturated heterocycles. The highest BCUT2D eigenvalue weighted by atomic mass is 16.2. The molecule has 4 nitrogen and oxygen atoms in total. The molecule has 116 valence electrons. The van der Waals surface area contributed by atoms with Crippen LogP contribution in [0.4, 0.5) is 5.69 Å². The average molecular weight is 305 g/mol. The topological polar surface area (TPSA) is 48.1 Å². The highest BCUT2D eigenvalue weighted by Gasteiger charge is 2.21. The largest absolute Gasteiger partial charge is 0.361 e. The van der Waals surface area contributed by atoms with E-state index in [1.165, 1.54) is 16.5 Å². The van der Waals surface area contributed by atoms with Crippen LogP contribution in [0.25, 0.3) is 10.9 Å². The first kappa shape index (κ1) is 14.0. The molecule has 0 unspecified atom stereocenters. The number of benzene rings is 2. The van der Waals surface area contributed by atoms with Crippen LogP contribution >= 0.6 is 0 Å². The zero-order valence-corrected chi connectivity index (χ0v) is 12.9. The Hall–Kier alpha value is -2.59. The third-order valence-corrected chi connectivity index (χ3v) is 4.38. The van der Waals surface area contributed by atoms with E-state index in [0.717, 1.165) is 30.7 Å². The van der Waals surface area contributed by atoms with E-state index >= 15 is 0 Å². The van der Waals surface area contributed by atoms with Crippen molar-refractivity contribution in [1.29, 1.82) is 0 Å². The first-order valence-corrected chi connectivity index (χ1v) is 7.96. The molecule has 0 aliphatic carbocycles. The van der Waals surface area contributed by atoms with Gasteiger partial charge in [0.25, 0.3) is 0 Å². The Morgan fingerprint density at radius 3 is 2.91 bits per heavy atom. The minimum absolute atomic E-state index is 0.143. The van der Waals surface area contributed by atoms with Gasteiger partial charge in [0.1, 0.15) is 0 Å². The van der Waals surface area contributed by atoms with Gasteiger partial charge >= 0.3 is 0 Å². The van der Waals surface area contributed by atoms with Gasteiger partial charge < -0.3 is 15.2 Å². The maximum absolute atomic E-state index is 12.2. The third kappa shape index (κ3) is 2.73. The Labute approximate surface area is 135 Å². The Morgan fingerprint density at radius 2 is 2.00 bits per heavy atom. The highest BCUT2D eigenvalue weighted by Crippen LogP contribution is 2.25. The summed E-state index contributed by atoms with van der Waals surface area (Å²) >= 11 is 0. The van der Waals surface area contributed by atoms with Gasteiger partial charge in [-0.15, -0.1) is 0 Å². The Balaban J connectivity index is 1.67. The normalized spacial score (nSPS) is 15.3. The standard InChI is InChI=1S/C19H19N3O/c23-19-13-20-9-10-22(19)18-4-2-1-3-16(18)12-14-5-6-17-15(11-14)7-8-21-17/h1-8,11,20-21H,9-10,12-13H2. The third-order valence-electron chi connectivity index (χ3n) is 4.38. The van der Waals surface area contributed by atoms with Crippen LogP contribution in [0, 0.1) is 0 Å². The van der Waals surface area contributed by atoms with Crippen LogP contribution < -0.4 is 10.2 Å². The number of para-hydroxylation sites is 1. The van der Waals surface area contributed by atoms with Crippen LogP contribution in [0.5, 0.6) is 0 Å². The van der Waals surface area contributed by atoms with Crippen molar-refractivity contribution in [2.45, 2.75) is 6.42 Å². The molecular formula is C19H19N3O. The number of hydrogen-bond acceptors (Lipinski definition) is 2. The summed E-state index contributed by atoms with van der Waals surface area (Å²) in [5.74, 6) is 0.143. The average Bonchev–Trinajstić information content (AvgIpc) is 3.04. The number of carbonyl (C=O) groups excluding carboxylic acids is 1. The number of nitrogens with one attached hydrogen (secondary N) is 2. The molecule has 4 rings (SSSR count). The van der Waals surface area contributed by atoms with Crippen LogP contribution in [-0.4, -0.2) is 30.5 Å². The summed E-state index contributed by atoms with van der Waals surface area (Å²) in [4.78, 5) is 17.3. The number of H-pyrrole nitrogens is 1. The van der Waals surface area contributed by atoms with E-state index in [9.17, 15) is 4.79 Å². The zero-order valence-electron chi connectivity index (χ0n) is 12.9. The van der Waals surface area contributed by atoms with Crippen molar-refractivity contribution >= 4 is 22.5 Å². The fourth-order valence-electron chi connectivity index (χ4n) is 3.22. The van der Waals surface area contributed by atoms with Crippen LogP contribution in [0.1, 0.15) is 11.1 Å². The second kappa shape index (κ2) is 5.89. The smallest absolute Gasteiger partial charge is 0.240 e. The number of rotatable bonds is 3. The molecule has 1 aromatic heterocycles. The number of aromatic nitrogens is 1. The van der Waals surface area contributed by atoms with E-state index in [-0.39, 0.29) is 5.91 Å². The lowest BCUT2D eigenvalue weighted by molar-refractivity contribution is -0.118. The summed E-state index contributed by atoms with van der Waals surface area (Å²) in [5.41, 5.74) is 4.64. The van der Waals surface area contributed by atoms with Crippen molar-refractivity contribution in [3.8, 4) is 0 Å². The van der Waals surface area contributed by atoms with Gasteiger partial charge in [-0.05, 0) is 47.2 Å². The van der Waals surface area contributed by atoms with Gasteiger partial charge in [0.2, 0.25) is 5.91 Å². The fourth-order valence-corrected chi connectivity index (χ4v) is 3.22. The summed E-state index contributed by atoms with van der Waals surface area (Å²) in [7, 11) is 0. The molecule has 0 bridgehead atoms. The molecular weight excluding hydrogens is 286 g/mol. The number of amides is 1.